The van der Waals surface area contributed by atoms with Gasteiger partial charge in [0.05, 0.1) is 21.1 Å². The number of halogens is 3. The van der Waals surface area contributed by atoms with E-state index in [0.717, 1.165) is 34.5 Å². The molecule has 174 valence electrons. The molecule has 5 aliphatic rings. The minimum atomic E-state index is -0.0795. The first-order valence-electron chi connectivity index (χ1n) is 11.6. The Labute approximate surface area is 213 Å². The standard InChI is InChI=1S/C25H26Cl3N3OS/c1-25(2)13-4-3-12(17(25)7-13)11-29-24(32)22-16-9-20-15(10-21(28)33-20)23(16)31(30-22)19-6-5-14(26)8-18(19)27/h5-6,8,10,12-13,16-17,23H,3-4,7,9,11H2,1-2H3,(H,29,32). The lowest BCUT2D eigenvalue weighted by atomic mass is 9.45. The average molecular weight is 523 g/mol. The number of carbonyl (C=O) groups excluding carboxylic acids is 1. The van der Waals surface area contributed by atoms with Crippen molar-refractivity contribution in [1.29, 1.82) is 0 Å². The van der Waals surface area contributed by atoms with Crippen molar-refractivity contribution >= 4 is 63.4 Å². The highest BCUT2D eigenvalue weighted by Gasteiger charge is 2.54. The van der Waals surface area contributed by atoms with E-state index in [2.05, 4.69) is 19.2 Å². The molecule has 4 aliphatic carbocycles. The van der Waals surface area contributed by atoms with Crippen LogP contribution in [0, 0.1) is 29.1 Å². The number of carbonyl (C=O) groups is 1. The molecule has 1 aliphatic heterocycles. The van der Waals surface area contributed by atoms with E-state index in [9.17, 15) is 4.79 Å². The first-order chi connectivity index (χ1) is 15.7. The Kier molecular flexibility index (Phi) is 5.30. The third-order valence-corrected chi connectivity index (χ3v) is 10.5. The molecule has 2 heterocycles. The summed E-state index contributed by atoms with van der Waals surface area (Å²) in [5.74, 6) is 2.05. The fraction of sp³-hybridized carbons (Fsp3) is 0.520. The molecule has 0 saturated heterocycles. The van der Waals surface area contributed by atoms with Crippen LogP contribution in [0.1, 0.15) is 49.6 Å². The molecule has 4 nitrogen and oxygen atoms in total. The van der Waals surface area contributed by atoms with Crippen LogP contribution in [0.15, 0.2) is 29.4 Å². The van der Waals surface area contributed by atoms with Crippen LogP contribution in [0.4, 0.5) is 5.69 Å². The van der Waals surface area contributed by atoms with Crippen molar-refractivity contribution in [3.8, 4) is 0 Å². The number of rotatable bonds is 4. The zero-order chi connectivity index (χ0) is 23.1. The number of hydrogen-bond acceptors (Lipinski definition) is 4. The summed E-state index contributed by atoms with van der Waals surface area (Å²) in [4.78, 5) is 14.6. The molecular weight excluding hydrogens is 497 g/mol. The van der Waals surface area contributed by atoms with Crippen LogP contribution in [-0.2, 0) is 11.2 Å². The molecule has 5 atom stereocenters. The number of hydrazone groups is 1. The molecule has 2 bridgehead atoms. The highest BCUT2D eigenvalue weighted by atomic mass is 35.5. The predicted octanol–water partition coefficient (Wildman–Crippen LogP) is 6.99. The van der Waals surface area contributed by atoms with Gasteiger partial charge in [-0.05, 0) is 78.7 Å². The number of amides is 1. The summed E-state index contributed by atoms with van der Waals surface area (Å²) in [7, 11) is 0. The van der Waals surface area contributed by atoms with Crippen LogP contribution in [-0.4, -0.2) is 18.2 Å². The molecule has 5 unspecified atom stereocenters. The number of fused-ring (bicyclic) bond motifs is 5. The van der Waals surface area contributed by atoms with Gasteiger partial charge in [0.15, 0.2) is 0 Å². The minimum Gasteiger partial charge on any atom is -0.351 e. The van der Waals surface area contributed by atoms with Crippen molar-refractivity contribution in [1.82, 2.24) is 5.32 Å². The number of anilines is 1. The number of nitrogens with one attached hydrogen (secondary N) is 1. The molecule has 1 amide bonds. The van der Waals surface area contributed by atoms with Gasteiger partial charge in [-0.15, -0.1) is 11.3 Å². The van der Waals surface area contributed by atoms with Gasteiger partial charge in [0, 0.05) is 22.4 Å². The van der Waals surface area contributed by atoms with Gasteiger partial charge < -0.3 is 5.32 Å². The summed E-state index contributed by atoms with van der Waals surface area (Å²) < 4.78 is 0.761. The van der Waals surface area contributed by atoms with Gasteiger partial charge in [-0.2, -0.15) is 5.10 Å². The third-order valence-electron chi connectivity index (χ3n) is 8.66. The van der Waals surface area contributed by atoms with Crippen molar-refractivity contribution in [3.63, 3.8) is 0 Å². The second-order valence-corrected chi connectivity index (χ2v) is 13.1. The molecule has 3 saturated carbocycles. The van der Waals surface area contributed by atoms with E-state index in [1.807, 2.05) is 17.1 Å². The zero-order valence-corrected chi connectivity index (χ0v) is 21.7. The van der Waals surface area contributed by atoms with Crippen LogP contribution >= 0.6 is 46.1 Å². The maximum atomic E-state index is 13.4. The highest BCUT2D eigenvalue weighted by molar-refractivity contribution is 7.16. The maximum absolute atomic E-state index is 13.4. The van der Waals surface area contributed by atoms with E-state index in [-0.39, 0.29) is 17.9 Å². The van der Waals surface area contributed by atoms with E-state index in [1.165, 1.54) is 24.1 Å². The van der Waals surface area contributed by atoms with Crippen molar-refractivity contribution in [2.24, 2.45) is 34.2 Å². The monoisotopic (exact) mass is 521 g/mol. The first kappa shape index (κ1) is 22.2. The minimum absolute atomic E-state index is 0.00820. The van der Waals surface area contributed by atoms with Gasteiger partial charge in [0.2, 0.25) is 0 Å². The maximum Gasteiger partial charge on any atom is 0.267 e. The number of nitrogens with zero attached hydrogens (tertiary/aromatic N) is 2. The number of benzene rings is 1. The van der Waals surface area contributed by atoms with E-state index >= 15 is 0 Å². The highest BCUT2D eigenvalue weighted by Crippen LogP contribution is 2.61. The van der Waals surface area contributed by atoms with Gasteiger partial charge in [0.1, 0.15) is 5.71 Å². The van der Waals surface area contributed by atoms with Crippen LogP contribution in [0.25, 0.3) is 0 Å². The van der Waals surface area contributed by atoms with Crippen LogP contribution in [0.2, 0.25) is 14.4 Å². The van der Waals surface area contributed by atoms with Crippen molar-refractivity contribution in [3.05, 3.63) is 49.1 Å². The smallest absolute Gasteiger partial charge is 0.267 e. The molecule has 3 fully saturated rings. The van der Waals surface area contributed by atoms with Gasteiger partial charge >= 0.3 is 0 Å². The molecule has 7 rings (SSSR count). The van der Waals surface area contributed by atoms with Gasteiger partial charge in [-0.1, -0.05) is 48.7 Å². The molecule has 0 spiro atoms. The van der Waals surface area contributed by atoms with Gasteiger partial charge in [-0.3, -0.25) is 9.80 Å². The molecule has 0 radical (unpaired) electrons. The summed E-state index contributed by atoms with van der Waals surface area (Å²) in [5, 5.41) is 11.1. The normalized spacial score (nSPS) is 31.0. The van der Waals surface area contributed by atoms with Crippen molar-refractivity contribution in [2.45, 2.75) is 45.6 Å². The Hall–Kier alpha value is -1.27. The fourth-order valence-corrected chi connectivity index (χ4v) is 8.63. The fourth-order valence-electron chi connectivity index (χ4n) is 6.75. The number of thiophene rings is 1. The molecule has 2 aromatic rings. The lowest BCUT2D eigenvalue weighted by molar-refractivity contribution is -0.119. The summed E-state index contributed by atoms with van der Waals surface area (Å²) in [6.07, 6.45) is 4.56. The largest absolute Gasteiger partial charge is 0.351 e. The topological polar surface area (TPSA) is 44.7 Å². The average Bonchev–Trinajstić information content (AvgIpc) is 3.41. The van der Waals surface area contributed by atoms with Gasteiger partial charge in [-0.25, -0.2) is 0 Å². The summed E-state index contributed by atoms with van der Waals surface area (Å²) in [6, 6.07) is 7.32. The third kappa shape index (κ3) is 3.45. The second kappa shape index (κ2) is 7.87. The number of hydrogen-bond donors (Lipinski definition) is 1. The molecule has 8 heteroatoms. The molecular formula is C25H26Cl3N3OS. The van der Waals surface area contributed by atoms with Crippen molar-refractivity contribution in [2.75, 3.05) is 11.6 Å². The second-order valence-electron chi connectivity index (χ2n) is 10.5. The van der Waals surface area contributed by atoms with E-state index in [4.69, 9.17) is 39.9 Å². The molecule has 1 N–H and O–H groups in total. The van der Waals surface area contributed by atoms with E-state index in [0.29, 0.717) is 33.0 Å². The lowest BCUT2D eigenvalue weighted by Gasteiger charge is -2.60. The predicted molar refractivity (Wildman–Crippen MR) is 137 cm³/mol. The van der Waals surface area contributed by atoms with Gasteiger partial charge in [0.25, 0.3) is 5.91 Å². The first-order valence-corrected chi connectivity index (χ1v) is 13.6. The zero-order valence-electron chi connectivity index (χ0n) is 18.6. The summed E-state index contributed by atoms with van der Waals surface area (Å²) >= 11 is 20.6. The Morgan fingerprint density at radius 3 is 2.79 bits per heavy atom. The van der Waals surface area contributed by atoms with Crippen LogP contribution in [0.5, 0.6) is 0 Å². The Morgan fingerprint density at radius 1 is 1.24 bits per heavy atom. The molecule has 33 heavy (non-hydrogen) atoms. The quantitative estimate of drug-likeness (QED) is 0.470. The van der Waals surface area contributed by atoms with Crippen LogP contribution in [0.3, 0.4) is 0 Å². The SMILES string of the molecule is CC1(C)C2CCC(CNC(=O)C3=NN(c4ccc(Cl)cc4Cl)C4c5cc(Cl)sc5CC34)C1C2. The summed E-state index contributed by atoms with van der Waals surface area (Å²) in [5.41, 5.74) is 2.89. The molecule has 1 aromatic heterocycles. The van der Waals surface area contributed by atoms with Crippen LogP contribution < -0.4 is 10.3 Å². The Morgan fingerprint density at radius 2 is 2.06 bits per heavy atom. The van der Waals surface area contributed by atoms with E-state index in [1.54, 1.807) is 23.5 Å². The Balaban J connectivity index is 1.26. The Bertz CT molecular complexity index is 1170. The van der Waals surface area contributed by atoms with E-state index < -0.39 is 0 Å². The lowest BCUT2D eigenvalue weighted by Crippen LogP contribution is -2.55. The summed E-state index contributed by atoms with van der Waals surface area (Å²) in [6.45, 7) is 5.51. The van der Waals surface area contributed by atoms with Crippen molar-refractivity contribution < 1.29 is 4.79 Å². The molecule has 1 aromatic carbocycles.